The SMILES string of the molecule is CCN(C(=O)Nc1cccc2nn(C)nc12)[C@H]1COC[C@@H]1O. The highest BCUT2D eigenvalue weighted by atomic mass is 16.5. The minimum atomic E-state index is -0.655. The summed E-state index contributed by atoms with van der Waals surface area (Å²) in [5, 5.41) is 21.2. The van der Waals surface area contributed by atoms with Gasteiger partial charge in [0.1, 0.15) is 11.0 Å². The molecule has 8 nitrogen and oxygen atoms in total. The normalized spacial score (nSPS) is 21.2. The summed E-state index contributed by atoms with van der Waals surface area (Å²) in [5.41, 5.74) is 1.95. The van der Waals surface area contributed by atoms with E-state index in [9.17, 15) is 9.90 Å². The molecule has 118 valence electrons. The number of amides is 2. The van der Waals surface area contributed by atoms with E-state index in [4.69, 9.17) is 4.74 Å². The van der Waals surface area contributed by atoms with Crippen molar-refractivity contribution in [3.8, 4) is 0 Å². The van der Waals surface area contributed by atoms with Crippen molar-refractivity contribution in [2.45, 2.75) is 19.1 Å². The van der Waals surface area contributed by atoms with Crippen molar-refractivity contribution in [3.63, 3.8) is 0 Å². The maximum Gasteiger partial charge on any atom is 0.322 e. The molecule has 2 heterocycles. The van der Waals surface area contributed by atoms with E-state index in [2.05, 4.69) is 15.5 Å². The maximum absolute atomic E-state index is 12.5. The highest BCUT2D eigenvalue weighted by Crippen LogP contribution is 2.21. The number of aromatic nitrogens is 3. The molecule has 2 atom stereocenters. The maximum atomic E-state index is 12.5. The van der Waals surface area contributed by atoms with Gasteiger partial charge in [0.15, 0.2) is 0 Å². The van der Waals surface area contributed by atoms with Crippen LogP contribution in [-0.2, 0) is 11.8 Å². The molecular formula is C14H19N5O3. The highest BCUT2D eigenvalue weighted by molar-refractivity contribution is 5.98. The molecule has 0 aliphatic carbocycles. The number of benzene rings is 1. The van der Waals surface area contributed by atoms with Crippen LogP contribution in [0.3, 0.4) is 0 Å². The highest BCUT2D eigenvalue weighted by Gasteiger charge is 2.33. The van der Waals surface area contributed by atoms with Gasteiger partial charge in [-0.25, -0.2) is 4.79 Å². The number of urea groups is 1. The van der Waals surface area contributed by atoms with Crippen molar-refractivity contribution < 1.29 is 14.6 Å². The number of aliphatic hydroxyl groups excluding tert-OH is 1. The minimum Gasteiger partial charge on any atom is -0.388 e. The zero-order chi connectivity index (χ0) is 15.7. The average molecular weight is 305 g/mol. The Kier molecular flexibility index (Phi) is 3.95. The Morgan fingerprint density at radius 1 is 1.50 bits per heavy atom. The van der Waals surface area contributed by atoms with Crippen LogP contribution in [0.4, 0.5) is 10.5 Å². The number of rotatable bonds is 3. The van der Waals surface area contributed by atoms with E-state index in [1.54, 1.807) is 18.0 Å². The number of nitrogens with one attached hydrogen (secondary N) is 1. The van der Waals surface area contributed by atoms with E-state index >= 15 is 0 Å². The van der Waals surface area contributed by atoms with Crippen LogP contribution in [-0.4, -0.2) is 62.9 Å². The number of carbonyl (C=O) groups excluding carboxylic acids is 1. The molecule has 1 aromatic heterocycles. The summed E-state index contributed by atoms with van der Waals surface area (Å²) in [6, 6.07) is 4.83. The van der Waals surface area contributed by atoms with Crippen molar-refractivity contribution in [2.75, 3.05) is 25.1 Å². The fourth-order valence-electron chi connectivity index (χ4n) is 2.69. The second-order valence-electron chi connectivity index (χ2n) is 5.25. The van der Waals surface area contributed by atoms with E-state index in [-0.39, 0.29) is 18.7 Å². The topological polar surface area (TPSA) is 92.5 Å². The number of aryl methyl sites for hydroxylation is 1. The predicted molar refractivity (Wildman–Crippen MR) is 80.5 cm³/mol. The summed E-state index contributed by atoms with van der Waals surface area (Å²) in [6.07, 6.45) is -0.655. The number of carbonyl (C=O) groups is 1. The van der Waals surface area contributed by atoms with Crippen LogP contribution in [0.25, 0.3) is 11.0 Å². The molecule has 0 unspecified atom stereocenters. The van der Waals surface area contributed by atoms with Gasteiger partial charge in [-0.3, -0.25) is 0 Å². The molecule has 1 aromatic carbocycles. The van der Waals surface area contributed by atoms with Gasteiger partial charge in [-0.05, 0) is 19.1 Å². The Balaban J connectivity index is 1.82. The molecule has 0 bridgehead atoms. The number of hydrogen-bond donors (Lipinski definition) is 2. The second kappa shape index (κ2) is 5.90. The van der Waals surface area contributed by atoms with Crippen LogP contribution in [0, 0.1) is 0 Å². The number of aliphatic hydroxyl groups is 1. The number of anilines is 1. The number of ether oxygens (including phenoxy) is 1. The smallest absolute Gasteiger partial charge is 0.322 e. The van der Waals surface area contributed by atoms with Crippen LogP contribution in [0.1, 0.15) is 6.92 Å². The molecule has 3 rings (SSSR count). The lowest BCUT2D eigenvalue weighted by Crippen LogP contribution is -2.48. The largest absolute Gasteiger partial charge is 0.388 e. The third-order valence-corrected chi connectivity index (χ3v) is 3.78. The minimum absolute atomic E-state index is 0.258. The Bertz CT molecular complexity index is 686. The molecule has 0 radical (unpaired) electrons. The van der Waals surface area contributed by atoms with E-state index in [1.807, 2.05) is 19.1 Å². The number of likely N-dealkylation sites (N-methyl/N-ethyl adjacent to an activating group) is 1. The fourth-order valence-corrected chi connectivity index (χ4v) is 2.69. The van der Waals surface area contributed by atoms with Gasteiger partial charge in [0, 0.05) is 13.6 Å². The number of hydrogen-bond acceptors (Lipinski definition) is 5. The summed E-state index contributed by atoms with van der Waals surface area (Å²) < 4.78 is 5.23. The molecule has 8 heteroatoms. The van der Waals surface area contributed by atoms with Crippen molar-refractivity contribution >= 4 is 22.8 Å². The molecule has 2 amide bonds. The van der Waals surface area contributed by atoms with Crippen LogP contribution >= 0.6 is 0 Å². The Labute approximate surface area is 127 Å². The van der Waals surface area contributed by atoms with Crippen molar-refractivity contribution in [3.05, 3.63) is 18.2 Å². The van der Waals surface area contributed by atoms with E-state index < -0.39 is 6.10 Å². The van der Waals surface area contributed by atoms with E-state index in [1.165, 1.54) is 4.80 Å². The lowest BCUT2D eigenvalue weighted by Gasteiger charge is -2.28. The summed E-state index contributed by atoms with van der Waals surface area (Å²) in [7, 11) is 1.73. The van der Waals surface area contributed by atoms with E-state index in [0.717, 1.165) is 0 Å². The third kappa shape index (κ3) is 2.62. The van der Waals surface area contributed by atoms with Gasteiger partial charge < -0.3 is 20.1 Å². The number of fused-ring (bicyclic) bond motifs is 1. The van der Waals surface area contributed by atoms with Crippen molar-refractivity contribution in [2.24, 2.45) is 7.05 Å². The standard InChI is InChI=1S/C14H19N5O3/c1-3-19(11-7-22-8-12(11)20)14(21)15-9-5-4-6-10-13(9)17-18(2)16-10/h4-6,11-12,20H,3,7-8H2,1-2H3,(H,15,21)/t11-,12-/m0/s1. The predicted octanol–water partition coefficient (Wildman–Crippen LogP) is 0.582. The summed E-state index contributed by atoms with van der Waals surface area (Å²) in [4.78, 5) is 15.6. The van der Waals surface area contributed by atoms with Crippen LogP contribution < -0.4 is 5.32 Å². The molecular weight excluding hydrogens is 286 g/mol. The van der Waals surface area contributed by atoms with Gasteiger partial charge in [0.25, 0.3) is 0 Å². The molecule has 0 spiro atoms. The molecule has 0 saturated carbocycles. The van der Waals surface area contributed by atoms with Gasteiger partial charge >= 0.3 is 6.03 Å². The molecule has 1 aliphatic heterocycles. The third-order valence-electron chi connectivity index (χ3n) is 3.78. The van der Waals surface area contributed by atoms with Crippen LogP contribution in [0.2, 0.25) is 0 Å². The summed E-state index contributed by atoms with van der Waals surface area (Å²) in [5.74, 6) is 0. The molecule has 1 fully saturated rings. The Morgan fingerprint density at radius 3 is 3.00 bits per heavy atom. The molecule has 22 heavy (non-hydrogen) atoms. The zero-order valence-electron chi connectivity index (χ0n) is 12.6. The van der Waals surface area contributed by atoms with Gasteiger partial charge in [0.05, 0.1) is 31.0 Å². The summed E-state index contributed by atoms with van der Waals surface area (Å²) >= 11 is 0. The summed E-state index contributed by atoms with van der Waals surface area (Å²) in [6.45, 7) is 2.95. The molecule has 1 saturated heterocycles. The second-order valence-corrected chi connectivity index (χ2v) is 5.25. The first-order valence-electron chi connectivity index (χ1n) is 7.23. The van der Waals surface area contributed by atoms with Crippen molar-refractivity contribution in [1.82, 2.24) is 19.9 Å². The average Bonchev–Trinajstić information content (AvgIpc) is 3.06. The van der Waals surface area contributed by atoms with Gasteiger partial charge in [-0.15, -0.1) is 0 Å². The first-order valence-corrected chi connectivity index (χ1v) is 7.23. The van der Waals surface area contributed by atoms with Crippen LogP contribution in [0.15, 0.2) is 18.2 Å². The fraction of sp³-hybridized carbons (Fsp3) is 0.500. The molecule has 2 aromatic rings. The molecule has 2 N–H and O–H groups in total. The lowest BCUT2D eigenvalue weighted by atomic mass is 10.2. The Morgan fingerprint density at radius 2 is 2.32 bits per heavy atom. The quantitative estimate of drug-likeness (QED) is 0.865. The van der Waals surface area contributed by atoms with Crippen LogP contribution in [0.5, 0.6) is 0 Å². The lowest BCUT2D eigenvalue weighted by molar-refractivity contribution is 0.1000. The monoisotopic (exact) mass is 305 g/mol. The van der Waals surface area contributed by atoms with Gasteiger partial charge in [-0.1, -0.05) is 6.07 Å². The Hall–Kier alpha value is -2.19. The first kappa shape index (κ1) is 14.7. The first-order chi connectivity index (χ1) is 10.6. The molecule has 1 aliphatic rings. The number of nitrogens with zero attached hydrogens (tertiary/aromatic N) is 4. The van der Waals surface area contributed by atoms with Gasteiger partial charge in [-0.2, -0.15) is 15.0 Å². The van der Waals surface area contributed by atoms with Crippen molar-refractivity contribution in [1.29, 1.82) is 0 Å². The van der Waals surface area contributed by atoms with E-state index in [0.29, 0.717) is 29.9 Å². The van der Waals surface area contributed by atoms with Gasteiger partial charge in [0.2, 0.25) is 0 Å². The zero-order valence-corrected chi connectivity index (χ0v) is 12.6.